The van der Waals surface area contributed by atoms with Gasteiger partial charge in [0, 0.05) is 24.6 Å². The summed E-state index contributed by atoms with van der Waals surface area (Å²) in [7, 11) is -3.06. The average Bonchev–Trinajstić information content (AvgIpc) is 2.79. The second kappa shape index (κ2) is 5.62. The first-order valence-corrected chi connectivity index (χ1v) is 8.19. The Morgan fingerprint density at radius 1 is 1.25 bits per heavy atom. The lowest BCUT2D eigenvalue weighted by Gasteiger charge is -2.06. The molecule has 0 saturated heterocycles. The van der Waals surface area contributed by atoms with Crippen molar-refractivity contribution in [3.63, 3.8) is 0 Å². The lowest BCUT2D eigenvalue weighted by molar-refractivity contribution is -0.383. The van der Waals surface area contributed by atoms with Crippen molar-refractivity contribution < 1.29 is 13.3 Å². The van der Waals surface area contributed by atoms with Crippen LogP contribution in [0, 0.1) is 10.1 Å². The van der Waals surface area contributed by atoms with Gasteiger partial charge in [0.15, 0.2) is 9.84 Å². The molecule has 2 rings (SSSR count). The van der Waals surface area contributed by atoms with Gasteiger partial charge in [-0.1, -0.05) is 13.0 Å². The summed E-state index contributed by atoms with van der Waals surface area (Å²) < 4.78 is 25.2. The van der Waals surface area contributed by atoms with E-state index in [1.165, 1.54) is 6.07 Å². The maximum absolute atomic E-state index is 11.7. The van der Waals surface area contributed by atoms with E-state index in [4.69, 9.17) is 0 Å². The van der Waals surface area contributed by atoms with Crippen molar-refractivity contribution in [3.8, 4) is 0 Å². The first-order chi connectivity index (χ1) is 9.44. The Morgan fingerprint density at radius 3 is 2.65 bits per heavy atom. The fraction of sp³-hybridized carbons (Fsp3) is 0.385. The van der Waals surface area contributed by atoms with Crippen molar-refractivity contribution in [2.24, 2.45) is 0 Å². The van der Waals surface area contributed by atoms with E-state index in [0.717, 1.165) is 0 Å². The molecule has 0 spiro atoms. The van der Waals surface area contributed by atoms with Crippen molar-refractivity contribution in [1.82, 2.24) is 4.57 Å². The molecule has 0 amide bonds. The van der Waals surface area contributed by atoms with Crippen LogP contribution in [0.2, 0.25) is 0 Å². The van der Waals surface area contributed by atoms with Gasteiger partial charge in [0.25, 0.3) is 5.69 Å². The summed E-state index contributed by atoms with van der Waals surface area (Å²) in [5.41, 5.74) is 0.726. The molecule has 0 bridgehead atoms. The molecule has 0 unspecified atom stereocenters. The minimum atomic E-state index is -3.06. The van der Waals surface area contributed by atoms with Gasteiger partial charge in [-0.05, 0) is 18.6 Å². The minimum Gasteiger partial charge on any atom is -0.346 e. The fourth-order valence-corrected chi connectivity index (χ4v) is 3.51. The number of hydrogen-bond acceptors (Lipinski definition) is 4. The molecule has 0 fully saturated rings. The molecule has 20 heavy (non-hydrogen) atoms. The van der Waals surface area contributed by atoms with Crippen LogP contribution < -0.4 is 0 Å². The number of hydrogen-bond donors (Lipinski definition) is 0. The molecule has 0 N–H and O–H groups in total. The quantitative estimate of drug-likeness (QED) is 0.605. The monoisotopic (exact) mass is 296 g/mol. The van der Waals surface area contributed by atoms with E-state index >= 15 is 0 Å². The Hall–Kier alpha value is -1.89. The SMILES string of the molecule is CCCS(=O)(=O)CCn1ccc2c([N+](=O)[O-])cccc21. The van der Waals surface area contributed by atoms with Crippen LogP contribution in [0.4, 0.5) is 5.69 Å². The van der Waals surface area contributed by atoms with Crippen LogP contribution in [0.5, 0.6) is 0 Å². The zero-order chi connectivity index (χ0) is 14.8. The van der Waals surface area contributed by atoms with Gasteiger partial charge >= 0.3 is 0 Å². The molecule has 108 valence electrons. The Kier molecular flexibility index (Phi) is 4.08. The highest BCUT2D eigenvalue weighted by Crippen LogP contribution is 2.26. The van der Waals surface area contributed by atoms with Crippen LogP contribution in [0.25, 0.3) is 10.9 Å². The molecule has 2 aromatic rings. The summed E-state index contributed by atoms with van der Waals surface area (Å²) in [6.45, 7) is 2.14. The number of non-ortho nitro benzene ring substituents is 1. The van der Waals surface area contributed by atoms with E-state index in [1.54, 1.807) is 29.0 Å². The zero-order valence-electron chi connectivity index (χ0n) is 11.2. The van der Waals surface area contributed by atoms with Gasteiger partial charge in [0.1, 0.15) is 0 Å². The topological polar surface area (TPSA) is 82.2 Å². The van der Waals surface area contributed by atoms with Gasteiger partial charge in [0.05, 0.1) is 21.6 Å². The first kappa shape index (κ1) is 14.5. The smallest absolute Gasteiger partial charge is 0.278 e. The Balaban J connectivity index is 2.29. The molecule has 7 heteroatoms. The molecule has 0 saturated carbocycles. The van der Waals surface area contributed by atoms with Crippen molar-refractivity contribution >= 4 is 26.4 Å². The maximum Gasteiger partial charge on any atom is 0.278 e. The van der Waals surface area contributed by atoms with E-state index in [2.05, 4.69) is 0 Å². The average molecular weight is 296 g/mol. The summed E-state index contributed by atoms with van der Waals surface area (Å²) >= 11 is 0. The maximum atomic E-state index is 11.7. The van der Waals surface area contributed by atoms with E-state index in [1.807, 2.05) is 6.92 Å². The molecule has 1 heterocycles. The van der Waals surface area contributed by atoms with Crippen molar-refractivity contribution in [1.29, 1.82) is 0 Å². The molecule has 0 aliphatic rings. The van der Waals surface area contributed by atoms with Gasteiger partial charge in [-0.3, -0.25) is 10.1 Å². The number of fused-ring (bicyclic) bond motifs is 1. The second-order valence-corrected chi connectivity index (χ2v) is 6.93. The lowest BCUT2D eigenvalue weighted by atomic mass is 10.2. The predicted molar refractivity (Wildman–Crippen MR) is 77.5 cm³/mol. The summed E-state index contributed by atoms with van der Waals surface area (Å²) in [6, 6.07) is 6.46. The molecule has 6 nitrogen and oxygen atoms in total. The third-order valence-electron chi connectivity index (χ3n) is 3.15. The Bertz CT molecular complexity index is 734. The third-order valence-corrected chi connectivity index (χ3v) is 4.98. The van der Waals surface area contributed by atoms with E-state index in [9.17, 15) is 18.5 Å². The zero-order valence-corrected chi connectivity index (χ0v) is 12.0. The highest BCUT2D eigenvalue weighted by molar-refractivity contribution is 7.91. The van der Waals surface area contributed by atoms with Crippen molar-refractivity contribution in [3.05, 3.63) is 40.6 Å². The standard InChI is InChI=1S/C13H16N2O4S/c1-2-9-20(18,19)10-8-14-7-6-11-12(14)4-3-5-13(11)15(16)17/h3-7H,2,8-10H2,1H3. The predicted octanol–water partition coefficient (Wildman–Crippen LogP) is 2.37. The molecule has 1 aromatic heterocycles. The summed E-state index contributed by atoms with van der Waals surface area (Å²) in [5, 5.41) is 11.5. The van der Waals surface area contributed by atoms with E-state index < -0.39 is 14.8 Å². The highest BCUT2D eigenvalue weighted by Gasteiger charge is 2.15. The van der Waals surface area contributed by atoms with Crippen LogP contribution >= 0.6 is 0 Å². The number of aryl methyl sites for hydroxylation is 1. The highest BCUT2D eigenvalue weighted by atomic mass is 32.2. The van der Waals surface area contributed by atoms with Gasteiger partial charge in [0.2, 0.25) is 0 Å². The van der Waals surface area contributed by atoms with Crippen molar-refractivity contribution in [2.75, 3.05) is 11.5 Å². The number of aromatic nitrogens is 1. The number of sulfone groups is 1. The number of nitro groups is 1. The minimum absolute atomic E-state index is 0.0395. The van der Waals surface area contributed by atoms with Crippen LogP contribution in [0.15, 0.2) is 30.5 Å². The van der Waals surface area contributed by atoms with Crippen molar-refractivity contribution in [2.45, 2.75) is 19.9 Å². The summed E-state index contributed by atoms with van der Waals surface area (Å²) in [4.78, 5) is 10.5. The molecule has 0 atom stereocenters. The molecule has 1 aromatic carbocycles. The number of rotatable bonds is 6. The van der Waals surface area contributed by atoms with Gasteiger partial charge in [-0.2, -0.15) is 0 Å². The third kappa shape index (κ3) is 2.98. The van der Waals surface area contributed by atoms with Crippen LogP contribution in [-0.2, 0) is 16.4 Å². The molecular formula is C13H16N2O4S. The summed E-state index contributed by atoms with van der Waals surface area (Å²) in [6.07, 6.45) is 2.29. The van der Waals surface area contributed by atoms with E-state index in [0.29, 0.717) is 23.9 Å². The Labute approximate surface area is 117 Å². The van der Waals surface area contributed by atoms with Crippen LogP contribution in [-0.4, -0.2) is 29.4 Å². The normalized spacial score (nSPS) is 11.8. The summed E-state index contributed by atoms with van der Waals surface area (Å²) in [5.74, 6) is 0.222. The van der Waals surface area contributed by atoms with Crippen LogP contribution in [0.1, 0.15) is 13.3 Å². The second-order valence-electron chi connectivity index (χ2n) is 4.63. The number of nitrogens with zero attached hydrogens (tertiary/aromatic N) is 2. The molecule has 0 radical (unpaired) electrons. The van der Waals surface area contributed by atoms with Gasteiger partial charge in [-0.25, -0.2) is 8.42 Å². The molecule has 0 aliphatic carbocycles. The van der Waals surface area contributed by atoms with E-state index in [-0.39, 0.29) is 17.2 Å². The van der Waals surface area contributed by atoms with Gasteiger partial charge in [-0.15, -0.1) is 0 Å². The Morgan fingerprint density at radius 2 is 2.00 bits per heavy atom. The lowest BCUT2D eigenvalue weighted by Crippen LogP contribution is -2.15. The largest absolute Gasteiger partial charge is 0.346 e. The molecular weight excluding hydrogens is 280 g/mol. The first-order valence-electron chi connectivity index (χ1n) is 6.37. The number of nitro benzene ring substituents is 1. The van der Waals surface area contributed by atoms with Gasteiger partial charge < -0.3 is 4.57 Å². The fourth-order valence-electron chi connectivity index (χ4n) is 2.21. The number of benzene rings is 1. The molecule has 0 aliphatic heterocycles. The van der Waals surface area contributed by atoms with Crippen LogP contribution in [0.3, 0.4) is 0 Å².